The fourth-order valence-corrected chi connectivity index (χ4v) is 2.32. The fourth-order valence-electron chi connectivity index (χ4n) is 2.32. The first-order valence-corrected chi connectivity index (χ1v) is 8.26. The number of amides is 1. The van der Waals surface area contributed by atoms with Crippen molar-refractivity contribution in [1.82, 2.24) is 25.3 Å². The Balaban J connectivity index is 1.60. The van der Waals surface area contributed by atoms with Gasteiger partial charge in [-0.3, -0.25) is 4.79 Å². The van der Waals surface area contributed by atoms with Crippen LogP contribution in [0.4, 0.5) is 13.2 Å². The van der Waals surface area contributed by atoms with E-state index in [-0.39, 0.29) is 11.6 Å². The lowest BCUT2D eigenvalue weighted by Crippen LogP contribution is -2.27. The number of nitrogens with zero attached hydrogens (tertiary/aromatic N) is 4. The number of ether oxygens (including phenoxy) is 1. The van der Waals surface area contributed by atoms with Crippen molar-refractivity contribution in [2.45, 2.75) is 19.1 Å². The molecule has 0 aliphatic rings. The highest BCUT2D eigenvalue weighted by Gasteiger charge is 2.28. The Bertz CT molecular complexity index is 926. The van der Waals surface area contributed by atoms with Gasteiger partial charge in [-0.25, -0.2) is 9.67 Å². The van der Waals surface area contributed by atoms with Crippen LogP contribution in [0.15, 0.2) is 54.9 Å². The molecule has 3 aromatic rings. The third kappa shape index (κ3) is 5.06. The van der Waals surface area contributed by atoms with Crippen molar-refractivity contribution in [3.05, 3.63) is 66.1 Å². The predicted molar refractivity (Wildman–Crippen MR) is 93.0 cm³/mol. The molecule has 2 aromatic heterocycles. The van der Waals surface area contributed by atoms with Crippen molar-refractivity contribution in [1.29, 1.82) is 0 Å². The average Bonchev–Trinajstić information content (AvgIpc) is 3.17. The second-order valence-electron chi connectivity index (χ2n) is 5.91. The molecule has 0 bridgehead atoms. The topological polar surface area (TPSA) is 81.9 Å². The zero-order chi connectivity index (χ0) is 20.1. The normalized spacial score (nSPS) is 12.4. The summed E-state index contributed by atoms with van der Waals surface area (Å²) in [6, 6.07) is 11.6. The van der Waals surface area contributed by atoms with Gasteiger partial charge in [0, 0.05) is 12.3 Å². The summed E-state index contributed by atoms with van der Waals surface area (Å²) in [6.45, 7) is 0.301. The van der Waals surface area contributed by atoms with Crippen molar-refractivity contribution in [2.24, 2.45) is 0 Å². The molecule has 10 heteroatoms. The summed E-state index contributed by atoms with van der Waals surface area (Å²) >= 11 is 0. The molecule has 2 heterocycles. The molecule has 1 amide bonds. The van der Waals surface area contributed by atoms with Crippen LogP contribution in [0.1, 0.15) is 29.0 Å². The second-order valence-corrected chi connectivity index (χ2v) is 5.91. The lowest BCUT2D eigenvalue weighted by molar-refractivity contribution is -0.154. The molecule has 0 aliphatic carbocycles. The molecular weight excluding hydrogens is 375 g/mol. The van der Waals surface area contributed by atoms with E-state index in [9.17, 15) is 18.0 Å². The van der Waals surface area contributed by atoms with Crippen molar-refractivity contribution in [3.63, 3.8) is 0 Å². The second kappa shape index (κ2) is 8.07. The minimum absolute atomic E-state index is 0.133. The van der Waals surface area contributed by atoms with Gasteiger partial charge in [0.25, 0.3) is 5.91 Å². The van der Waals surface area contributed by atoms with Crippen LogP contribution in [0.3, 0.4) is 0 Å². The average molecular weight is 391 g/mol. The molecule has 146 valence electrons. The van der Waals surface area contributed by atoms with Gasteiger partial charge in [0.1, 0.15) is 0 Å². The van der Waals surface area contributed by atoms with Crippen LogP contribution < -0.4 is 10.1 Å². The Morgan fingerprint density at radius 1 is 1.21 bits per heavy atom. The number of alkyl halides is 3. The minimum Gasteiger partial charge on any atom is -0.468 e. The van der Waals surface area contributed by atoms with E-state index in [1.807, 2.05) is 30.3 Å². The largest absolute Gasteiger partial charge is 0.468 e. The Hall–Kier alpha value is -3.43. The Morgan fingerprint density at radius 2 is 1.96 bits per heavy atom. The van der Waals surface area contributed by atoms with Crippen LogP contribution in [0, 0.1) is 0 Å². The number of carbonyl (C=O) groups excluding carboxylic acids is 1. The number of benzene rings is 1. The van der Waals surface area contributed by atoms with Gasteiger partial charge in [0.05, 0.1) is 17.9 Å². The predicted octanol–water partition coefficient (Wildman–Crippen LogP) is 3.09. The van der Waals surface area contributed by atoms with Gasteiger partial charge < -0.3 is 10.1 Å². The molecular formula is C18H16F3N5O2. The van der Waals surface area contributed by atoms with Gasteiger partial charge in [0.15, 0.2) is 12.3 Å². The maximum atomic E-state index is 12.4. The van der Waals surface area contributed by atoms with Crippen LogP contribution in [0.5, 0.6) is 5.88 Å². The van der Waals surface area contributed by atoms with E-state index < -0.39 is 24.7 Å². The number of hydrogen-bond donors (Lipinski definition) is 1. The van der Waals surface area contributed by atoms with Gasteiger partial charge in [-0.1, -0.05) is 29.5 Å². The number of rotatable bonds is 6. The van der Waals surface area contributed by atoms with Crippen LogP contribution in [-0.4, -0.2) is 38.7 Å². The maximum absolute atomic E-state index is 12.4. The molecule has 28 heavy (non-hydrogen) atoms. The highest BCUT2D eigenvalue weighted by molar-refractivity contribution is 5.92. The van der Waals surface area contributed by atoms with E-state index in [1.54, 1.807) is 6.92 Å². The molecule has 0 radical (unpaired) electrons. The summed E-state index contributed by atoms with van der Waals surface area (Å²) < 4.78 is 42.5. The maximum Gasteiger partial charge on any atom is 0.422 e. The van der Waals surface area contributed by atoms with Gasteiger partial charge in [0.2, 0.25) is 5.88 Å². The SMILES string of the molecule is CC(NC(=O)c1cn(-c2ccccc2)nn1)c1ccc(OCC(F)(F)F)nc1. The monoisotopic (exact) mass is 391 g/mol. The van der Waals surface area contributed by atoms with Crippen molar-refractivity contribution in [3.8, 4) is 11.6 Å². The van der Waals surface area contributed by atoms with E-state index in [1.165, 1.54) is 29.2 Å². The molecule has 0 fully saturated rings. The minimum atomic E-state index is -4.43. The van der Waals surface area contributed by atoms with E-state index in [0.717, 1.165) is 5.69 Å². The van der Waals surface area contributed by atoms with Crippen LogP contribution in [0.25, 0.3) is 5.69 Å². The van der Waals surface area contributed by atoms with Crippen molar-refractivity contribution < 1.29 is 22.7 Å². The molecule has 1 aromatic carbocycles. The first-order chi connectivity index (χ1) is 13.3. The highest BCUT2D eigenvalue weighted by atomic mass is 19.4. The molecule has 1 unspecified atom stereocenters. The number of carbonyl (C=O) groups is 1. The summed E-state index contributed by atoms with van der Waals surface area (Å²) in [5, 5.41) is 10.5. The fraction of sp³-hybridized carbons (Fsp3) is 0.222. The quantitative estimate of drug-likeness (QED) is 0.698. The van der Waals surface area contributed by atoms with Gasteiger partial charge in [-0.05, 0) is 24.6 Å². The van der Waals surface area contributed by atoms with E-state index in [2.05, 4.69) is 25.3 Å². The van der Waals surface area contributed by atoms with E-state index in [4.69, 9.17) is 0 Å². The Morgan fingerprint density at radius 3 is 2.61 bits per heavy atom. The number of pyridine rings is 1. The number of para-hydroxylation sites is 1. The molecule has 3 rings (SSSR count). The lowest BCUT2D eigenvalue weighted by Gasteiger charge is -2.14. The molecule has 0 saturated carbocycles. The van der Waals surface area contributed by atoms with Gasteiger partial charge >= 0.3 is 6.18 Å². The molecule has 0 spiro atoms. The zero-order valence-electron chi connectivity index (χ0n) is 14.7. The smallest absolute Gasteiger partial charge is 0.422 e. The summed E-state index contributed by atoms with van der Waals surface area (Å²) in [6.07, 6.45) is -1.58. The first-order valence-electron chi connectivity index (χ1n) is 8.26. The van der Waals surface area contributed by atoms with Gasteiger partial charge in [-0.15, -0.1) is 5.10 Å². The van der Waals surface area contributed by atoms with Crippen molar-refractivity contribution >= 4 is 5.91 Å². The Labute approximate surface area is 158 Å². The number of aromatic nitrogens is 4. The number of hydrogen-bond acceptors (Lipinski definition) is 5. The molecule has 0 aliphatic heterocycles. The van der Waals surface area contributed by atoms with Crippen LogP contribution in [0.2, 0.25) is 0 Å². The molecule has 1 N–H and O–H groups in total. The van der Waals surface area contributed by atoms with E-state index in [0.29, 0.717) is 5.56 Å². The summed E-state index contributed by atoms with van der Waals surface area (Å²) in [4.78, 5) is 16.2. The van der Waals surface area contributed by atoms with E-state index >= 15 is 0 Å². The number of nitrogens with one attached hydrogen (secondary N) is 1. The molecule has 1 atom stereocenters. The van der Waals surface area contributed by atoms with Gasteiger partial charge in [-0.2, -0.15) is 13.2 Å². The third-order valence-electron chi connectivity index (χ3n) is 3.74. The number of halogens is 3. The Kier molecular flexibility index (Phi) is 5.57. The summed E-state index contributed by atoms with van der Waals surface area (Å²) in [7, 11) is 0. The highest BCUT2D eigenvalue weighted by Crippen LogP contribution is 2.19. The first kappa shape index (κ1) is 19.3. The summed E-state index contributed by atoms with van der Waals surface area (Å²) in [5.74, 6) is -0.586. The zero-order valence-corrected chi connectivity index (χ0v) is 14.7. The standard InChI is InChI=1S/C18H16F3N5O2/c1-12(13-7-8-16(22-9-13)28-11-18(19,20)21)23-17(27)15-10-26(25-24-15)14-5-3-2-4-6-14/h2-10,12H,11H2,1H3,(H,23,27). The van der Waals surface area contributed by atoms with Crippen LogP contribution >= 0.6 is 0 Å². The third-order valence-corrected chi connectivity index (χ3v) is 3.74. The molecule has 7 nitrogen and oxygen atoms in total. The lowest BCUT2D eigenvalue weighted by atomic mass is 10.1. The molecule has 0 saturated heterocycles. The van der Waals surface area contributed by atoms with Crippen molar-refractivity contribution in [2.75, 3.05) is 6.61 Å². The summed E-state index contributed by atoms with van der Waals surface area (Å²) in [5.41, 5.74) is 1.50. The van der Waals surface area contributed by atoms with Crippen LogP contribution in [-0.2, 0) is 0 Å².